The predicted octanol–water partition coefficient (Wildman–Crippen LogP) is 1.97. The number of nitriles is 1. The lowest BCUT2D eigenvalue weighted by atomic mass is 10.2. The quantitative estimate of drug-likeness (QED) is 0.855. The summed E-state index contributed by atoms with van der Waals surface area (Å²) < 4.78 is 30.9. The molecule has 0 unspecified atom stereocenters. The summed E-state index contributed by atoms with van der Waals surface area (Å²) in [6.07, 6.45) is 1.49. The van der Waals surface area contributed by atoms with Crippen LogP contribution in [0.5, 0.6) is 0 Å². The van der Waals surface area contributed by atoms with Crippen molar-refractivity contribution in [2.45, 2.75) is 11.4 Å². The van der Waals surface area contributed by atoms with E-state index in [0.29, 0.717) is 11.3 Å². The van der Waals surface area contributed by atoms with Crippen LogP contribution in [0.4, 0.5) is 0 Å². The van der Waals surface area contributed by atoms with E-state index in [-0.39, 0.29) is 11.4 Å². The van der Waals surface area contributed by atoms with Crippen LogP contribution in [0.25, 0.3) is 0 Å². The van der Waals surface area contributed by atoms with Crippen LogP contribution in [0.2, 0.25) is 0 Å². The van der Waals surface area contributed by atoms with Crippen molar-refractivity contribution >= 4 is 10.0 Å². The molecular weight excluding hydrogens is 264 g/mol. The molecular formula is C13H12N2O3S. The predicted molar refractivity (Wildman–Crippen MR) is 68.5 cm³/mol. The molecule has 0 spiro atoms. The Balaban J connectivity index is 2.28. The first-order valence-electron chi connectivity index (χ1n) is 5.53. The molecule has 5 nitrogen and oxygen atoms in total. The van der Waals surface area contributed by atoms with Gasteiger partial charge in [0.05, 0.1) is 29.3 Å². The van der Waals surface area contributed by atoms with E-state index in [1.165, 1.54) is 29.7 Å². The summed E-state index contributed by atoms with van der Waals surface area (Å²) in [5.74, 6) is 0.558. The van der Waals surface area contributed by atoms with Gasteiger partial charge in [-0.05, 0) is 30.3 Å². The van der Waals surface area contributed by atoms with E-state index >= 15 is 0 Å². The Kier molecular flexibility index (Phi) is 3.69. The fourth-order valence-corrected chi connectivity index (χ4v) is 2.80. The highest BCUT2D eigenvalue weighted by Gasteiger charge is 2.21. The zero-order valence-electron chi connectivity index (χ0n) is 10.3. The number of benzene rings is 1. The SMILES string of the molecule is CN(Cc1ccco1)S(=O)(=O)c1cccc(C#N)c1. The third kappa shape index (κ3) is 2.84. The Labute approximate surface area is 111 Å². The van der Waals surface area contributed by atoms with Gasteiger partial charge in [0.15, 0.2) is 0 Å². The summed E-state index contributed by atoms with van der Waals surface area (Å²) in [6, 6.07) is 11.3. The second-order valence-corrected chi connectivity index (χ2v) is 6.02. The second kappa shape index (κ2) is 5.26. The Hall–Kier alpha value is -2.10. The van der Waals surface area contributed by atoms with Gasteiger partial charge < -0.3 is 4.42 Å². The van der Waals surface area contributed by atoms with Gasteiger partial charge in [0, 0.05) is 7.05 Å². The van der Waals surface area contributed by atoms with Crippen LogP contribution in [0.3, 0.4) is 0 Å². The standard InChI is InChI=1S/C13H12N2O3S/c1-15(10-12-5-3-7-18-12)19(16,17)13-6-2-4-11(8-13)9-14/h2-8H,10H2,1H3. The lowest BCUT2D eigenvalue weighted by Gasteiger charge is -2.15. The smallest absolute Gasteiger partial charge is 0.243 e. The van der Waals surface area contributed by atoms with E-state index in [0.717, 1.165) is 0 Å². The van der Waals surface area contributed by atoms with Crippen LogP contribution in [0.1, 0.15) is 11.3 Å². The highest BCUT2D eigenvalue weighted by molar-refractivity contribution is 7.89. The van der Waals surface area contributed by atoms with Gasteiger partial charge in [-0.3, -0.25) is 0 Å². The van der Waals surface area contributed by atoms with Crippen LogP contribution in [0, 0.1) is 11.3 Å². The number of rotatable bonds is 4. The number of furan rings is 1. The minimum absolute atomic E-state index is 0.0978. The molecule has 0 fully saturated rings. The van der Waals surface area contributed by atoms with Gasteiger partial charge in [0.25, 0.3) is 0 Å². The summed E-state index contributed by atoms with van der Waals surface area (Å²) >= 11 is 0. The van der Waals surface area contributed by atoms with E-state index in [4.69, 9.17) is 9.68 Å². The Morgan fingerprint density at radius 2 is 2.11 bits per heavy atom. The number of sulfonamides is 1. The Morgan fingerprint density at radius 1 is 1.32 bits per heavy atom. The number of nitrogens with zero attached hydrogens (tertiary/aromatic N) is 2. The van der Waals surface area contributed by atoms with Crippen LogP contribution in [-0.4, -0.2) is 19.8 Å². The van der Waals surface area contributed by atoms with Crippen LogP contribution in [0.15, 0.2) is 52.0 Å². The van der Waals surface area contributed by atoms with Crippen molar-refractivity contribution in [3.63, 3.8) is 0 Å². The van der Waals surface area contributed by atoms with Gasteiger partial charge in [0.1, 0.15) is 5.76 Å². The van der Waals surface area contributed by atoms with Gasteiger partial charge in [0.2, 0.25) is 10.0 Å². The fourth-order valence-electron chi connectivity index (χ4n) is 1.61. The first-order chi connectivity index (χ1) is 9.04. The highest BCUT2D eigenvalue weighted by atomic mass is 32.2. The van der Waals surface area contributed by atoms with Crippen LogP contribution >= 0.6 is 0 Å². The minimum Gasteiger partial charge on any atom is -0.468 e. The molecule has 0 saturated heterocycles. The van der Waals surface area contributed by atoms with E-state index in [9.17, 15) is 8.42 Å². The Bertz CT molecular complexity index is 700. The molecule has 2 rings (SSSR count). The third-order valence-corrected chi connectivity index (χ3v) is 4.43. The first-order valence-corrected chi connectivity index (χ1v) is 6.97. The highest BCUT2D eigenvalue weighted by Crippen LogP contribution is 2.17. The Morgan fingerprint density at radius 3 is 2.74 bits per heavy atom. The molecule has 1 aromatic carbocycles. The van der Waals surface area contributed by atoms with Crippen molar-refractivity contribution < 1.29 is 12.8 Å². The van der Waals surface area contributed by atoms with Crippen molar-refractivity contribution in [2.24, 2.45) is 0 Å². The van der Waals surface area contributed by atoms with Gasteiger partial charge in [-0.2, -0.15) is 9.57 Å². The molecule has 1 aromatic heterocycles. The molecule has 0 amide bonds. The maximum atomic E-state index is 12.3. The van der Waals surface area contributed by atoms with Crippen molar-refractivity contribution in [1.82, 2.24) is 4.31 Å². The maximum absolute atomic E-state index is 12.3. The van der Waals surface area contributed by atoms with E-state index in [1.54, 1.807) is 24.3 Å². The second-order valence-electron chi connectivity index (χ2n) is 3.98. The van der Waals surface area contributed by atoms with Gasteiger partial charge in [-0.15, -0.1) is 0 Å². The van der Waals surface area contributed by atoms with Gasteiger partial charge >= 0.3 is 0 Å². The normalized spacial score (nSPS) is 11.4. The summed E-state index contributed by atoms with van der Waals surface area (Å²) in [4.78, 5) is 0.0978. The summed E-state index contributed by atoms with van der Waals surface area (Å²) in [7, 11) is -2.16. The third-order valence-electron chi connectivity index (χ3n) is 2.63. The van der Waals surface area contributed by atoms with Crippen molar-refractivity contribution in [2.75, 3.05) is 7.05 Å². The molecule has 0 aliphatic rings. The average molecular weight is 276 g/mol. The topological polar surface area (TPSA) is 74.3 Å². The molecule has 0 bridgehead atoms. The van der Waals surface area contributed by atoms with Crippen molar-refractivity contribution in [3.8, 4) is 6.07 Å². The van der Waals surface area contributed by atoms with E-state index in [2.05, 4.69) is 0 Å². The molecule has 98 valence electrons. The minimum atomic E-state index is -3.63. The molecule has 0 saturated carbocycles. The molecule has 1 heterocycles. The van der Waals surface area contributed by atoms with E-state index < -0.39 is 10.0 Å². The molecule has 2 aromatic rings. The van der Waals surface area contributed by atoms with Crippen LogP contribution < -0.4 is 0 Å². The van der Waals surface area contributed by atoms with Gasteiger partial charge in [-0.1, -0.05) is 6.07 Å². The molecule has 0 radical (unpaired) electrons. The zero-order valence-corrected chi connectivity index (χ0v) is 11.1. The molecule has 0 N–H and O–H groups in total. The number of hydrogen-bond acceptors (Lipinski definition) is 4. The number of hydrogen-bond donors (Lipinski definition) is 0. The lowest BCUT2D eigenvalue weighted by molar-refractivity contribution is 0.406. The van der Waals surface area contributed by atoms with Crippen molar-refractivity contribution in [3.05, 3.63) is 54.0 Å². The molecule has 19 heavy (non-hydrogen) atoms. The lowest BCUT2D eigenvalue weighted by Crippen LogP contribution is -2.26. The zero-order chi connectivity index (χ0) is 13.9. The van der Waals surface area contributed by atoms with Crippen molar-refractivity contribution in [1.29, 1.82) is 5.26 Å². The molecule has 6 heteroatoms. The monoisotopic (exact) mass is 276 g/mol. The summed E-state index contributed by atoms with van der Waals surface area (Å²) in [6.45, 7) is 0.145. The molecule has 0 aliphatic heterocycles. The van der Waals surface area contributed by atoms with Gasteiger partial charge in [-0.25, -0.2) is 8.42 Å². The maximum Gasteiger partial charge on any atom is 0.243 e. The molecule has 0 aliphatic carbocycles. The van der Waals surface area contributed by atoms with Crippen LogP contribution in [-0.2, 0) is 16.6 Å². The summed E-state index contributed by atoms with van der Waals surface area (Å²) in [5.41, 5.74) is 0.312. The largest absolute Gasteiger partial charge is 0.468 e. The molecule has 0 atom stereocenters. The first kappa shape index (κ1) is 13.3. The fraction of sp³-hybridized carbons (Fsp3) is 0.154. The average Bonchev–Trinajstić information content (AvgIpc) is 2.91. The summed E-state index contributed by atoms with van der Waals surface area (Å²) in [5, 5.41) is 8.80. The van der Waals surface area contributed by atoms with E-state index in [1.807, 2.05) is 6.07 Å².